The average molecular weight is 246 g/mol. The lowest BCUT2D eigenvalue weighted by Crippen LogP contribution is -2.49. The number of carbonyl (C=O) groups excluding carboxylic acids is 1. The van der Waals surface area contributed by atoms with Crippen molar-refractivity contribution in [1.29, 1.82) is 0 Å². The van der Waals surface area contributed by atoms with E-state index in [-0.39, 0.29) is 6.03 Å². The van der Waals surface area contributed by atoms with Crippen LogP contribution in [-0.4, -0.2) is 53.0 Å². The van der Waals surface area contributed by atoms with Crippen LogP contribution < -0.4 is 5.32 Å². The summed E-state index contributed by atoms with van der Waals surface area (Å²) in [5.74, 6) is 0. The molecule has 0 saturated carbocycles. The molecular weight excluding hydrogens is 228 g/mol. The fourth-order valence-corrected chi connectivity index (χ4v) is 2.75. The van der Waals surface area contributed by atoms with Crippen molar-refractivity contribution >= 4 is 6.03 Å². The van der Waals surface area contributed by atoms with E-state index < -0.39 is 0 Å². The molecule has 3 heterocycles. The van der Waals surface area contributed by atoms with Gasteiger partial charge in [0.2, 0.25) is 0 Å². The molecule has 18 heavy (non-hydrogen) atoms. The largest absolute Gasteiger partial charge is 0.320 e. The molecule has 2 aliphatic rings. The number of carbonyl (C=O) groups is 1. The number of hydrogen-bond donors (Lipinski definition) is 1. The number of aryl methyl sites for hydroxylation is 1. The average Bonchev–Trinajstić information content (AvgIpc) is 2.67. The minimum absolute atomic E-state index is 0.169. The molecule has 3 rings (SSSR count). The fraction of sp³-hybridized carbons (Fsp3) is 0.538. The highest BCUT2D eigenvalue weighted by atomic mass is 16.2. The molecule has 2 saturated heterocycles. The summed E-state index contributed by atoms with van der Waals surface area (Å²) in [6, 6.07) is 2.60. The van der Waals surface area contributed by atoms with E-state index in [2.05, 4.69) is 16.4 Å². The Bertz CT molecular complexity index is 462. The van der Waals surface area contributed by atoms with Gasteiger partial charge in [-0.1, -0.05) is 6.07 Å². The monoisotopic (exact) mass is 246 g/mol. The number of pyridine rings is 1. The standard InChI is InChI=1S/C13H18N4O/c1-10-4-11(6-15-5-10)8-16-9-12-7-14-2-3-17(12)13(16)18/h4-6,12,14H,2-3,7-9H2,1H3. The number of fused-ring (bicyclic) bond motifs is 1. The number of nitrogens with zero attached hydrogens (tertiary/aromatic N) is 3. The molecule has 5 heteroatoms. The summed E-state index contributed by atoms with van der Waals surface area (Å²) in [5.41, 5.74) is 2.25. The van der Waals surface area contributed by atoms with Gasteiger partial charge in [-0.3, -0.25) is 4.98 Å². The predicted octanol–water partition coefficient (Wildman–Crippen LogP) is 0.599. The smallest absolute Gasteiger partial charge is 0.318 e. The Balaban J connectivity index is 1.72. The van der Waals surface area contributed by atoms with Crippen molar-refractivity contribution < 1.29 is 4.79 Å². The van der Waals surface area contributed by atoms with Crippen molar-refractivity contribution in [2.24, 2.45) is 0 Å². The molecule has 0 spiro atoms. The number of aromatic nitrogens is 1. The molecule has 1 aromatic rings. The van der Waals surface area contributed by atoms with Crippen LogP contribution in [0.25, 0.3) is 0 Å². The van der Waals surface area contributed by atoms with E-state index in [4.69, 9.17) is 0 Å². The number of amides is 2. The molecular formula is C13H18N4O. The summed E-state index contributed by atoms with van der Waals surface area (Å²) < 4.78 is 0. The molecule has 2 aliphatic heterocycles. The zero-order valence-electron chi connectivity index (χ0n) is 10.6. The molecule has 0 radical (unpaired) electrons. The zero-order valence-corrected chi connectivity index (χ0v) is 10.6. The summed E-state index contributed by atoms with van der Waals surface area (Å²) in [4.78, 5) is 20.3. The third-order valence-corrected chi connectivity index (χ3v) is 3.60. The van der Waals surface area contributed by atoms with Crippen LogP contribution in [0, 0.1) is 6.92 Å². The van der Waals surface area contributed by atoms with Gasteiger partial charge in [-0.15, -0.1) is 0 Å². The maximum atomic E-state index is 12.2. The second-order valence-corrected chi connectivity index (χ2v) is 5.08. The molecule has 0 aliphatic carbocycles. The number of hydrogen-bond acceptors (Lipinski definition) is 3. The van der Waals surface area contributed by atoms with E-state index in [1.165, 1.54) is 0 Å². The molecule has 1 atom stereocenters. The first-order valence-electron chi connectivity index (χ1n) is 6.41. The van der Waals surface area contributed by atoms with Crippen LogP contribution in [0.4, 0.5) is 4.79 Å². The molecule has 2 amide bonds. The summed E-state index contributed by atoms with van der Waals surface area (Å²) in [6.45, 7) is 6.15. The van der Waals surface area contributed by atoms with Crippen LogP contribution >= 0.6 is 0 Å². The Morgan fingerprint density at radius 3 is 3.17 bits per heavy atom. The number of rotatable bonds is 2. The van der Waals surface area contributed by atoms with Gasteiger partial charge in [0.25, 0.3) is 0 Å². The lowest BCUT2D eigenvalue weighted by molar-refractivity contribution is 0.178. The Kier molecular flexibility index (Phi) is 2.91. The van der Waals surface area contributed by atoms with Crippen molar-refractivity contribution in [1.82, 2.24) is 20.1 Å². The molecule has 0 bridgehead atoms. The summed E-state index contributed by atoms with van der Waals surface area (Å²) >= 11 is 0. The second kappa shape index (κ2) is 4.57. The maximum absolute atomic E-state index is 12.2. The Morgan fingerprint density at radius 2 is 2.39 bits per heavy atom. The van der Waals surface area contributed by atoms with Crippen molar-refractivity contribution in [2.45, 2.75) is 19.5 Å². The highest BCUT2D eigenvalue weighted by Crippen LogP contribution is 2.19. The van der Waals surface area contributed by atoms with Gasteiger partial charge < -0.3 is 15.1 Å². The highest BCUT2D eigenvalue weighted by Gasteiger charge is 2.38. The Labute approximate surface area is 107 Å². The van der Waals surface area contributed by atoms with Gasteiger partial charge in [0.15, 0.2) is 0 Å². The van der Waals surface area contributed by atoms with Gasteiger partial charge in [0.1, 0.15) is 0 Å². The predicted molar refractivity (Wildman–Crippen MR) is 68.1 cm³/mol. The summed E-state index contributed by atoms with van der Waals surface area (Å²) in [5, 5.41) is 3.34. The van der Waals surface area contributed by atoms with E-state index in [0.29, 0.717) is 12.6 Å². The van der Waals surface area contributed by atoms with Crippen LogP contribution in [0.15, 0.2) is 18.5 Å². The number of urea groups is 1. The minimum Gasteiger partial charge on any atom is -0.318 e. The fourth-order valence-electron chi connectivity index (χ4n) is 2.75. The Hall–Kier alpha value is -1.62. The molecule has 2 fully saturated rings. The van der Waals surface area contributed by atoms with Crippen molar-refractivity contribution in [3.8, 4) is 0 Å². The third-order valence-electron chi connectivity index (χ3n) is 3.60. The van der Waals surface area contributed by atoms with Crippen molar-refractivity contribution in [3.05, 3.63) is 29.6 Å². The van der Waals surface area contributed by atoms with Crippen molar-refractivity contribution in [3.63, 3.8) is 0 Å². The van der Waals surface area contributed by atoms with Crippen molar-refractivity contribution in [2.75, 3.05) is 26.2 Å². The molecule has 1 unspecified atom stereocenters. The van der Waals surface area contributed by atoms with Crippen LogP contribution in [0.1, 0.15) is 11.1 Å². The van der Waals surface area contributed by atoms with E-state index in [1.54, 1.807) is 0 Å². The van der Waals surface area contributed by atoms with Crippen LogP contribution in [-0.2, 0) is 6.54 Å². The first-order valence-corrected chi connectivity index (χ1v) is 6.41. The molecule has 5 nitrogen and oxygen atoms in total. The van der Waals surface area contributed by atoms with Crippen LogP contribution in [0.3, 0.4) is 0 Å². The zero-order chi connectivity index (χ0) is 12.5. The first kappa shape index (κ1) is 11.5. The second-order valence-electron chi connectivity index (χ2n) is 5.08. The highest BCUT2D eigenvalue weighted by molar-refractivity contribution is 5.77. The van der Waals surface area contributed by atoms with Gasteiger partial charge >= 0.3 is 6.03 Å². The summed E-state index contributed by atoms with van der Waals surface area (Å²) in [6.07, 6.45) is 3.68. The minimum atomic E-state index is 0.169. The van der Waals surface area contributed by atoms with Crippen LogP contribution in [0.2, 0.25) is 0 Å². The van der Waals surface area contributed by atoms with Crippen LogP contribution in [0.5, 0.6) is 0 Å². The van der Waals surface area contributed by atoms with Gasteiger partial charge in [-0.2, -0.15) is 0 Å². The molecule has 1 N–H and O–H groups in total. The normalized spacial score (nSPS) is 23.4. The van der Waals surface area contributed by atoms with Gasteiger partial charge in [-0.05, 0) is 18.1 Å². The molecule has 1 aromatic heterocycles. The topological polar surface area (TPSA) is 48.5 Å². The van der Waals surface area contributed by atoms with Gasteiger partial charge in [0, 0.05) is 45.1 Å². The summed E-state index contributed by atoms with van der Waals surface area (Å²) in [7, 11) is 0. The first-order chi connectivity index (χ1) is 8.74. The third kappa shape index (κ3) is 2.06. The number of piperazine rings is 1. The quantitative estimate of drug-likeness (QED) is 0.831. The maximum Gasteiger partial charge on any atom is 0.320 e. The van der Waals surface area contributed by atoms with E-state index >= 15 is 0 Å². The van der Waals surface area contributed by atoms with E-state index in [9.17, 15) is 4.79 Å². The van der Waals surface area contributed by atoms with Gasteiger partial charge in [-0.25, -0.2) is 4.79 Å². The van der Waals surface area contributed by atoms with E-state index in [0.717, 1.165) is 37.3 Å². The molecule has 0 aromatic carbocycles. The Morgan fingerprint density at radius 1 is 1.50 bits per heavy atom. The number of nitrogens with one attached hydrogen (secondary N) is 1. The van der Waals surface area contributed by atoms with Gasteiger partial charge in [0.05, 0.1) is 6.04 Å². The lowest BCUT2D eigenvalue weighted by Gasteiger charge is -2.28. The lowest BCUT2D eigenvalue weighted by atomic mass is 10.2. The van der Waals surface area contributed by atoms with E-state index in [1.807, 2.05) is 29.1 Å². The molecule has 96 valence electrons. The SMILES string of the molecule is Cc1cncc(CN2CC3CNCCN3C2=O)c1.